The molecule has 0 aromatic heterocycles. The summed E-state index contributed by atoms with van der Waals surface area (Å²) in [6.45, 7) is 4.45. The number of hydrogen-bond donors (Lipinski definition) is 2. The Labute approximate surface area is 191 Å². The minimum Gasteiger partial charge on any atom is -0.486 e. The Morgan fingerprint density at radius 3 is 2.31 bits per heavy atom. The third kappa shape index (κ3) is 4.51. The van der Waals surface area contributed by atoms with E-state index in [9.17, 15) is 13.2 Å². The lowest BCUT2D eigenvalue weighted by atomic mass is 10.1. The number of sulfonamides is 1. The van der Waals surface area contributed by atoms with E-state index in [0.29, 0.717) is 41.7 Å². The number of fused-ring (bicyclic) bond motifs is 1. The molecule has 0 atom stereocenters. The topological polar surface area (TPSA) is 93.7 Å². The van der Waals surface area contributed by atoms with Crippen LogP contribution in [0.1, 0.15) is 21.5 Å². The number of para-hydroxylation sites is 1. The highest BCUT2D eigenvalue weighted by Gasteiger charge is 2.20. The van der Waals surface area contributed by atoms with Crippen LogP contribution < -0.4 is 19.5 Å². The molecule has 0 aliphatic carbocycles. The molecule has 166 valence electrons. The Kier molecular flexibility index (Phi) is 5.99. The van der Waals surface area contributed by atoms with Gasteiger partial charge in [0, 0.05) is 11.3 Å². The number of hydrogen-bond acceptors (Lipinski definition) is 5. The van der Waals surface area contributed by atoms with E-state index in [1.807, 2.05) is 32.0 Å². The minimum atomic E-state index is -3.78. The van der Waals surface area contributed by atoms with E-state index >= 15 is 0 Å². The Morgan fingerprint density at radius 2 is 1.62 bits per heavy atom. The number of aryl methyl sites for hydroxylation is 2. The van der Waals surface area contributed by atoms with Crippen LogP contribution in [0.25, 0.3) is 0 Å². The molecule has 0 bridgehead atoms. The Balaban J connectivity index is 1.50. The molecule has 0 unspecified atom stereocenters. The number of carbonyl (C=O) groups is 1. The summed E-state index contributed by atoms with van der Waals surface area (Å²) in [5.41, 5.74) is 2.95. The highest BCUT2D eigenvalue weighted by molar-refractivity contribution is 7.92. The third-order valence-corrected chi connectivity index (χ3v) is 6.65. The summed E-state index contributed by atoms with van der Waals surface area (Å²) in [7, 11) is -3.78. The lowest BCUT2D eigenvalue weighted by Gasteiger charge is -2.20. The lowest BCUT2D eigenvalue weighted by molar-refractivity contribution is 0.102. The molecule has 4 rings (SSSR count). The second kappa shape index (κ2) is 8.72. The van der Waals surface area contributed by atoms with Gasteiger partial charge in [-0.05, 0) is 61.4 Å². The van der Waals surface area contributed by atoms with Gasteiger partial charge in [-0.1, -0.05) is 29.8 Å². The second-order valence-corrected chi connectivity index (χ2v) is 9.42. The van der Waals surface area contributed by atoms with Crippen molar-refractivity contribution in [2.75, 3.05) is 23.3 Å². The molecule has 1 amide bonds. The summed E-state index contributed by atoms with van der Waals surface area (Å²) in [4.78, 5) is 12.7. The van der Waals surface area contributed by atoms with E-state index < -0.39 is 15.9 Å². The average molecular weight is 473 g/mol. The van der Waals surface area contributed by atoms with Crippen molar-refractivity contribution in [3.8, 4) is 11.5 Å². The molecule has 7 nitrogen and oxygen atoms in total. The minimum absolute atomic E-state index is 0.0838. The van der Waals surface area contributed by atoms with Crippen LogP contribution in [0.2, 0.25) is 5.02 Å². The van der Waals surface area contributed by atoms with Crippen LogP contribution in [0.5, 0.6) is 11.5 Å². The van der Waals surface area contributed by atoms with Crippen LogP contribution in [-0.2, 0) is 10.0 Å². The van der Waals surface area contributed by atoms with Gasteiger partial charge in [0.2, 0.25) is 0 Å². The normalized spacial score (nSPS) is 12.8. The molecule has 0 fully saturated rings. The van der Waals surface area contributed by atoms with Crippen molar-refractivity contribution in [2.45, 2.75) is 18.7 Å². The zero-order valence-corrected chi connectivity index (χ0v) is 19.0. The summed E-state index contributed by atoms with van der Waals surface area (Å²) in [6.07, 6.45) is 0. The Hall–Kier alpha value is -3.23. The smallest absolute Gasteiger partial charge is 0.261 e. The predicted octanol–water partition coefficient (Wildman–Crippen LogP) is 4.78. The predicted molar refractivity (Wildman–Crippen MR) is 124 cm³/mol. The second-order valence-electron chi connectivity index (χ2n) is 7.33. The van der Waals surface area contributed by atoms with Gasteiger partial charge in [0.25, 0.3) is 15.9 Å². The molecule has 1 heterocycles. The zero-order valence-electron chi connectivity index (χ0n) is 17.4. The molecule has 0 saturated heterocycles. The summed E-state index contributed by atoms with van der Waals surface area (Å²) >= 11 is 6.20. The van der Waals surface area contributed by atoms with Crippen LogP contribution in [0.4, 0.5) is 11.4 Å². The van der Waals surface area contributed by atoms with Crippen molar-refractivity contribution >= 4 is 38.9 Å². The van der Waals surface area contributed by atoms with Crippen molar-refractivity contribution in [3.63, 3.8) is 0 Å². The lowest BCUT2D eigenvalue weighted by Crippen LogP contribution is -2.18. The highest BCUT2D eigenvalue weighted by atomic mass is 35.5. The monoisotopic (exact) mass is 472 g/mol. The molecule has 32 heavy (non-hydrogen) atoms. The van der Waals surface area contributed by atoms with Gasteiger partial charge in [-0.25, -0.2) is 8.42 Å². The van der Waals surface area contributed by atoms with Gasteiger partial charge in [-0.15, -0.1) is 0 Å². The molecule has 1 aliphatic rings. The number of anilines is 2. The molecular weight excluding hydrogens is 452 g/mol. The first-order valence-corrected chi connectivity index (χ1v) is 11.7. The van der Waals surface area contributed by atoms with Crippen molar-refractivity contribution in [2.24, 2.45) is 0 Å². The van der Waals surface area contributed by atoms with Crippen LogP contribution in [0.15, 0.2) is 59.5 Å². The molecule has 2 N–H and O–H groups in total. The van der Waals surface area contributed by atoms with E-state index in [2.05, 4.69) is 10.0 Å². The van der Waals surface area contributed by atoms with Crippen molar-refractivity contribution in [1.82, 2.24) is 0 Å². The van der Waals surface area contributed by atoms with Crippen molar-refractivity contribution in [3.05, 3.63) is 76.3 Å². The van der Waals surface area contributed by atoms with Crippen molar-refractivity contribution in [1.29, 1.82) is 0 Å². The first kappa shape index (κ1) is 22.0. The molecule has 3 aromatic carbocycles. The van der Waals surface area contributed by atoms with E-state index in [1.54, 1.807) is 6.07 Å². The fraction of sp³-hybridized carbons (Fsp3) is 0.174. The zero-order chi connectivity index (χ0) is 22.9. The summed E-state index contributed by atoms with van der Waals surface area (Å²) in [5, 5.41) is 3.01. The van der Waals surface area contributed by atoms with Crippen LogP contribution in [-0.4, -0.2) is 27.5 Å². The van der Waals surface area contributed by atoms with Gasteiger partial charge in [0.15, 0.2) is 11.5 Å². The van der Waals surface area contributed by atoms with Gasteiger partial charge in [-0.3, -0.25) is 9.52 Å². The average Bonchev–Trinajstić information content (AvgIpc) is 2.77. The standard InChI is InChI=1S/C23H21ClN2O5S/c1-14-4-3-5-15(2)21(14)26-32(28,29)18-8-6-17(7-9-18)25-23(27)16-12-19(24)22-20(13-16)30-10-11-31-22/h3-9,12-13,26H,10-11H2,1-2H3,(H,25,27). The number of nitrogens with one attached hydrogen (secondary N) is 2. The summed E-state index contributed by atoms with van der Waals surface area (Å²) in [5.74, 6) is 0.418. The first-order valence-electron chi connectivity index (χ1n) is 9.84. The fourth-order valence-electron chi connectivity index (χ4n) is 3.33. The van der Waals surface area contributed by atoms with Gasteiger partial charge in [0.1, 0.15) is 13.2 Å². The number of rotatable bonds is 5. The Morgan fingerprint density at radius 1 is 0.969 bits per heavy atom. The van der Waals surface area contributed by atoms with Gasteiger partial charge in [0.05, 0.1) is 15.6 Å². The summed E-state index contributed by atoms with van der Waals surface area (Å²) in [6, 6.07) is 14.5. The molecule has 0 radical (unpaired) electrons. The molecule has 3 aromatic rings. The molecule has 1 aliphatic heterocycles. The summed E-state index contributed by atoms with van der Waals surface area (Å²) < 4.78 is 39.2. The van der Waals surface area contributed by atoms with Crippen molar-refractivity contribution < 1.29 is 22.7 Å². The van der Waals surface area contributed by atoms with Crippen LogP contribution in [0.3, 0.4) is 0 Å². The van der Waals surface area contributed by atoms with Crippen LogP contribution in [0, 0.1) is 13.8 Å². The number of halogens is 1. The van der Waals surface area contributed by atoms with E-state index in [4.69, 9.17) is 21.1 Å². The Bertz CT molecular complexity index is 1270. The maximum Gasteiger partial charge on any atom is 0.261 e. The number of benzene rings is 3. The third-order valence-electron chi connectivity index (χ3n) is 5.00. The quantitative estimate of drug-likeness (QED) is 0.557. The highest BCUT2D eigenvalue weighted by Crippen LogP contribution is 2.38. The molecular formula is C23H21ClN2O5S. The SMILES string of the molecule is Cc1cccc(C)c1NS(=O)(=O)c1ccc(NC(=O)c2cc(Cl)c3c(c2)OCCO3)cc1. The van der Waals surface area contributed by atoms with E-state index in [0.717, 1.165) is 11.1 Å². The van der Waals surface area contributed by atoms with E-state index in [1.165, 1.54) is 30.3 Å². The first-order chi connectivity index (χ1) is 15.2. The van der Waals surface area contributed by atoms with Gasteiger partial charge < -0.3 is 14.8 Å². The molecule has 0 saturated carbocycles. The molecule has 9 heteroatoms. The largest absolute Gasteiger partial charge is 0.486 e. The number of amides is 1. The number of ether oxygens (including phenoxy) is 2. The maximum atomic E-state index is 12.8. The molecule has 0 spiro atoms. The fourth-order valence-corrected chi connectivity index (χ4v) is 4.80. The van der Waals surface area contributed by atoms with Gasteiger partial charge >= 0.3 is 0 Å². The van der Waals surface area contributed by atoms with Gasteiger partial charge in [-0.2, -0.15) is 0 Å². The number of carbonyl (C=O) groups excluding carboxylic acids is 1. The van der Waals surface area contributed by atoms with E-state index in [-0.39, 0.29) is 9.92 Å². The van der Waals surface area contributed by atoms with Crippen LogP contribution >= 0.6 is 11.6 Å². The maximum absolute atomic E-state index is 12.8.